The van der Waals surface area contributed by atoms with Crippen LogP contribution in [0.5, 0.6) is 0 Å². The van der Waals surface area contributed by atoms with Crippen molar-refractivity contribution in [1.29, 1.82) is 0 Å². The predicted molar refractivity (Wildman–Crippen MR) is 44.8 cm³/mol. The van der Waals surface area contributed by atoms with Crippen LogP contribution in [0.4, 0.5) is 0 Å². The minimum atomic E-state index is -1.56. The fourth-order valence-electron chi connectivity index (χ4n) is 0.602. The lowest BCUT2D eigenvalue weighted by atomic mass is 10.1. The van der Waals surface area contributed by atoms with E-state index >= 15 is 0 Å². The largest absolute Gasteiger partial charge is 0.394 e. The molecule has 5 N–H and O–H groups in total. The molecule has 0 saturated carbocycles. The van der Waals surface area contributed by atoms with E-state index in [1.54, 1.807) is 0 Å². The third-order valence-corrected chi connectivity index (χ3v) is 1.76. The van der Waals surface area contributed by atoms with Crippen LogP contribution in [0.1, 0.15) is 0 Å². The summed E-state index contributed by atoms with van der Waals surface area (Å²) in [7, 11) is 0. The molecule has 0 aromatic carbocycles. The summed E-state index contributed by atoms with van der Waals surface area (Å²) in [4.78, 5) is -0.171. The summed E-state index contributed by atoms with van der Waals surface area (Å²) in [5.74, 6) is 0. The van der Waals surface area contributed by atoms with Gasteiger partial charge in [-0.2, -0.15) is 0 Å². The second-order valence-corrected chi connectivity index (χ2v) is 2.83. The molecule has 0 aromatic heterocycles. The molecule has 0 unspecified atom stereocenters. The number of aliphatic hydroxyl groups excluding tert-OH is 5. The van der Waals surface area contributed by atoms with Gasteiger partial charge in [0.05, 0.1) is 13.2 Å². The van der Waals surface area contributed by atoms with E-state index in [-0.39, 0.29) is 4.86 Å². The molecule has 72 valence electrons. The van der Waals surface area contributed by atoms with Crippen LogP contribution < -0.4 is 0 Å². The first-order chi connectivity index (χ1) is 5.54. The zero-order valence-corrected chi connectivity index (χ0v) is 7.11. The Morgan fingerprint density at radius 2 is 1.67 bits per heavy atom. The Bertz CT molecular complexity index is 151. The van der Waals surface area contributed by atoms with Crippen LogP contribution in [0.2, 0.25) is 0 Å². The molecule has 0 bridgehead atoms. The number of hydrogen-bond acceptors (Lipinski definition) is 6. The van der Waals surface area contributed by atoms with Crippen LogP contribution in [0.3, 0.4) is 0 Å². The molecule has 6 heteroatoms. The minimum Gasteiger partial charge on any atom is -0.394 e. The molecule has 12 heavy (non-hydrogen) atoms. The third-order valence-electron chi connectivity index (χ3n) is 1.39. The SMILES string of the molecule is OCC(=S)[C@@H](O)[C@H](O)[C@H](O)CO. The molecule has 0 saturated heterocycles. The van der Waals surface area contributed by atoms with Crippen LogP contribution >= 0.6 is 12.2 Å². The molecule has 0 spiro atoms. The predicted octanol–water partition coefficient (Wildman–Crippen LogP) is -2.58. The summed E-state index contributed by atoms with van der Waals surface area (Å²) in [6.07, 6.45) is -4.51. The van der Waals surface area contributed by atoms with E-state index in [4.69, 9.17) is 25.5 Å². The van der Waals surface area contributed by atoms with Gasteiger partial charge in [0, 0.05) is 4.86 Å². The van der Waals surface area contributed by atoms with Crippen molar-refractivity contribution in [1.82, 2.24) is 0 Å². The lowest BCUT2D eigenvalue weighted by Gasteiger charge is -2.21. The Labute approximate surface area is 74.9 Å². The Balaban J connectivity index is 4.08. The van der Waals surface area contributed by atoms with Gasteiger partial charge in [-0.3, -0.25) is 0 Å². The number of thiocarbonyl (C=S) groups is 1. The highest BCUT2D eigenvalue weighted by molar-refractivity contribution is 7.80. The monoisotopic (exact) mass is 196 g/mol. The standard InChI is InChI=1S/C6H12O5S/c7-1-3(9)5(10)6(11)4(12)2-8/h3,5-11H,1-2H2/t3-,5-,6-/m1/s1. The molecule has 0 amide bonds. The maximum absolute atomic E-state index is 9.07. The molecular weight excluding hydrogens is 184 g/mol. The second kappa shape index (κ2) is 5.52. The molecule has 0 rings (SSSR count). The number of aliphatic hydroxyl groups is 5. The first kappa shape index (κ1) is 11.9. The summed E-state index contributed by atoms with van der Waals surface area (Å²) in [5, 5.41) is 43.8. The highest BCUT2D eigenvalue weighted by atomic mass is 32.1. The zero-order valence-electron chi connectivity index (χ0n) is 6.29. The minimum absolute atomic E-state index is 0.171. The van der Waals surface area contributed by atoms with Crippen molar-refractivity contribution < 1.29 is 25.5 Å². The number of rotatable bonds is 5. The lowest BCUT2D eigenvalue weighted by molar-refractivity contribution is -0.0557. The van der Waals surface area contributed by atoms with Crippen molar-refractivity contribution in [3.8, 4) is 0 Å². The second-order valence-electron chi connectivity index (χ2n) is 2.31. The molecule has 0 aliphatic heterocycles. The Morgan fingerprint density at radius 1 is 1.17 bits per heavy atom. The highest BCUT2D eigenvalue weighted by Crippen LogP contribution is 2.02. The van der Waals surface area contributed by atoms with Crippen molar-refractivity contribution in [2.24, 2.45) is 0 Å². The summed E-state index contributed by atoms with van der Waals surface area (Å²) < 4.78 is 0. The van der Waals surface area contributed by atoms with E-state index in [1.165, 1.54) is 0 Å². The van der Waals surface area contributed by atoms with Gasteiger partial charge in [0.15, 0.2) is 0 Å². The van der Waals surface area contributed by atoms with Gasteiger partial charge in [-0.15, -0.1) is 0 Å². The molecule has 0 aromatic rings. The molecule has 3 atom stereocenters. The van der Waals surface area contributed by atoms with Gasteiger partial charge in [-0.25, -0.2) is 0 Å². The quantitative estimate of drug-likeness (QED) is 0.310. The van der Waals surface area contributed by atoms with Gasteiger partial charge in [0.1, 0.15) is 18.3 Å². The van der Waals surface area contributed by atoms with Gasteiger partial charge < -0.3 is 25.5 Å². The first-order valence-corrected chi connectivity index (χ1v) is 3.74. The van der Waals surface area contributed by atoms with Crippen molar-refractivity contribution in [2.75, 3.05) is 13.2 Å². The van der Waals surface area contributed by atoms with Crippen LogP contribution in [0, 0.1) is 0 Å². The van der Waals surface area contributed by atoms with Crippen molar-refractivity contribution >= 4 is 17.1 Å². The smallest absolute Gasteiger partial charge is 0.116 e. The zero-order chi connectivity index (χ0) is 9.72. The number of hydrogen-bond donors (Lipinski definition) is 5. The van der Waals surface area contributed by atoms with E-state index in [0.29, 0.717) is 0 Å². The summed E-state index contributed by atoms with van der Waals surface area (Å²) >= 11 is 4.47. The molecule has 5 nitrogen and oxygen atoms in total. The van der Waals surface area contributed by atoms with Crippen molar-refractivity contribution in [3.05, 3.63) is 0 Å². The van der Waals surface area contributed by atoms with Gasteiger partial charge >= 0.3 is 0 Å². The first-order valence-electron chi connectivity index (χ1n) is 3.33. The van der Waals surface area contributed by atoms with E-state index in [1.807, 2.05) is 0 Å². The van der Waals surface area contributed by atoms with Crippen molar-refractivity contribution in [2.45, 2.75) is 18.3 Å². The maximum atomic E-state index is 9.07. The molecule has 0 radical (unpaired) electrons. The van der Waals surface area contributed by atoms with Crippen LogP contribution in [0.25, 0.3) is 0 Å². The van der Waals surface area contributed by atoms with Gasteiger partial charge in [-0.1, -0.05) is 12.2 Å². The third kappa shape index (κ3) is 3.10. The van der Waals surface area contributed by atoms with Gasteiger partial charge in [0.25, 0.3) is 0 Å². The van der Waals surface area contributed by atoms with E-state index in [9.17, 15) is 0 Å². The summed E-state index contributed by atoms with van der Waals surface area (Å²) in [5.41, 5.74) is 0. The molecule has 0 heterocycles. The Morgan fingerprint density at radius 3 is 2.00 bits per heavy atom. The lowest BCUT2D eigenvalue weighted by Crippen LogP contribution is -2.44. The van der Waals surface area contributed by atoms with E-state index in [2.05, 4.69) is 12.2 Å². The van der Waals surface area contributed by atoms with E-state index < -0.39 is 31.5 Å². The molecule has 0 aliphatic rings. The molecule has 0 fully saturated rings. The topological polar surface area (TPSA) is 101 Å². The fourth-order valence-corrected chi connectivity index (χ4v) is 0.742. The van der Waals surface area contributed by atoms with Crippen molar-refractivity contribution in [3.63, 3.8) is 0 Å². The summed E-state index contributed by atoms with van der Waals surface area (Å²) in [6.45, 7) is -1.22. The van der Waals surface area contributed by atoms with Gasteiger partial charge in [0.2, 0.25) is 0 Å². The summed E-state index contributed by atoms with van der Waals surface area (Å²) in [6, 6.07) is 0. The Hall–Kier alpha value is -0.110. The normalized spacial score (nSPS) is 18.4. The molecular formula is C6H12O5S. The van der Waals surface area contributed by atoms with E-state index in [0.717, 1.165) is 0 Å². The average Bonchev–Trinajstić information content (AvgIpc) is 2.12. The van der Waals surface area contributed by atoms with Crippen LogP contribution in [0.15, 0.2) is 0 Å². The highest BCUT2D eigenvalue weighted by Gasteiger charge is 2.26. The van der Waals surface area contributed by atoms with Crippen LogP contribution in [-0.4, -0.2) is 61.9 Å². The van der Waals surface area contributed by atoms with Crippen LogP contribution in [-0.2, 0) is 0 Å². The fraction of sp³-hybridized carbons (Fsp3) is 0.833. The van der Waals surface area contributed by atoms with Gasteiger partial charge in [-0.05, 0) is 0 Å². The Kier molecular flexibility index (Phi) is 5.47. The molecule has 0 aliphatic carbocycles. The average molecular weight is 196 g/mol. The maximum Gasteiger partial charge on any atom is 0.116 e.